The number of benzene rings is 1. The van der Waals surface area contributed by atoms with Crippen LogP contribution in [-0.4, -0.2) is 12.7 Å². The largest absolute Gasteiger partial charge is 0.378 e. The fourth-order valence-corrected chi connectivity index (χ4v) is 2.36. The van der Waals surface area contributed by atoms with Gasteiger partial charge in [0.15, 0.2) is 0 Å². The molecular formula is C14H19F2NO. The summed E-state index contributed by atoms with van der Waals surface area (Å²) in [6.07, 6.45) is 5.09. The normalized spacial score (nSPS) is 21.8. The summed E-state index contributed by atoms with van der Waals surface area (Å²) in [5.41, 5.74) is 6.33. The lowest BCUT2D eigenvalue weighted by Crippen LogP contribution is -2.21. The summed E-state index contributed by atoms with van der Waals surface area (Å²) in [7, 11) is 0. The van der Waals surface area contributed by atoms with Gasteiger partial charge in [-0.05, 0) is 38.2 Å². The molecule has 0 bridgehead atoms. The third-order valence-corrected chi connectivity index (χ3v) is 3.44. The maximum atomic E-state index is 13.5. The van der Waals surface area contributed by atoms with Crippen LogP contribution in [0.5, 0.6) is 0 Å². The Morgan fingerprint density at radius 3 is 2.83 bits per heavy atom. The third-order valence-electron chi connectivity index (χ3n) is 3.44. The Labute approximate surface area is 106 Å². The van der Waals surface area contributed by atoms with Crippen molar-refractivity contribution in [3.63, 3.8) is 0 Å². The van der Waals surface area contributed by atoms with Gasteiger partial charge in [0.2, 0.25) is 0 Å². The Morgan fingerprint density at radius 2 is 2.17 bits per heavy atom. The third kappa shape index (κ3) is 3.50. The highest BCUT2D eigenvalue weighted by Crippen LogP contribution is 2.24. The molecule has 0 aromatic heterocycles. The van der Waals surface area contributed by atoms with Crippen LogP contribution in [-0.2, 0) is 4.74 Å². The standard InChI is InChI=1S/C14H19F2NO/c15-10-4-6-12(13(16)9-10)14(17)7-5-11-3-1-2-8-18-11/h4,6,9,11,14H,1-3,5,7-8,17H2. The van der Waals surface area contributed by atoms with Crippen molar-refractivity contribution in [2.45, 2.75) is 44.2 Å². The molecule has 100 valence electrons. The van der Waals surface area contributed by atoms with Crippen LogP contribution in [0.4, 0.5) is 8.78 Å². The molecule has 0 radical (unpaired) electrons. The van der Waals surface area contributed by atoms with Gasteiger partial charge in [0, 0.05) is 24.3 Å². The summed E-state index contributed by atoms with van der Waals surface area (Å²) >= 11 is 0. The van der Waals surface area contributed by atoms with Gasteiger partial charge in [0.1, 0.15) is 11.6 Å². The van der Waals surface area contributed by atoms with Gasteiger partial charge in [0.05, 0.1) is 6.10 Å². The van der Waals surface area contributed by atoms with Gasteiger partial charge in [-0.3, -0.25) is 0 Å². The highest BCUT2D eigenvalue weighted by Gasteiger charge is 2.17. The molecule has 1 aromatic rings. The smallest absolute Gasteiger partial charge is 0.130 e. The van der Waals surface area contributed by atoms with E-state index in [1.165, 1.54) is 18.6 Å². The molecule has 1 aromatic carbocycles. The zero-order chi connectivity index (χ0) is 13.0. The van der Waals surface area contributed by atoms with Gasteiger partial charge < -0.3 is 10.5 Å². The number of rotatable bonds is 4. The van der Waals surface area contributed by atoms with E-state index in [0.717, 1.165) is 31.9 Å². The van der Waals surface area contributed by atoms with E-state index >= 15 is 0 Å². The van der Waals surface area contributed by atoms with Crippen molar-refractivity contribution in [2.75, 3.05) is 6.61 Å². The molecule has 1 heterocycles. The van der Waals surface area contributed by atoms with E-state index in [-0.39, 0.29) is 6.10 Å². The Balaban J connectivity index is 1.88. The van der Waals surface area contributed by atoms with Crippen molar-refractivity contribution in [1.29, 1.82) is 0 Å². The first-order valence-electron chi connectivity index (χ1n) is 6.49. The second-order valence-electron chi connectivity index (χ2n) is 4.84. The Hall–Kier alpha value is -1.00. The minimum atomic E-state index is -0.570. The average Bonchev–Trinajstić information content (AvgIpc) is 2.37. The molecule has 2 rings (SSSR count). The van der Waals surface area contributed by atoms with Crippen LogP contribution in [0.15, 0.2) is 18.2 Å². The number of halogens is 2. The average molecular weight is 255 g/mol. The Bertz CT molecular complexity index is 391. The fraction of sp³-hybridized carbons (Fsp3) is 0.571. The molecule has 2 nitrogen and oxygen atoms in total. The molecule has 0 aliphatic carbocycles. The summed E-state index contributed by atoms with van der Waals surface area (Å²) in [5, 5.41) is 0. The molecule has 2 unspecified atom stereocenters. The molecule has 4 heteroatoms. The molecule has 0 amide bonds. The quantitative estimate of drug-likeness (QED) is 0.895. The molecule has 0 saturated carbocycles. The van der Waals surface area contributed by atoms with E-state index < -0.39 is 17.7 Å². The van der Waals surface area contributed by atoms with E-state index in [9.17, 15) is 8.78 Å². The molecule has 2 atom stereocenters. The topological polar surface area (TPSA) is 35.2 Å². The first-order valence-corrected chi connectivity index (χ1v) is 6.49. The monoisotopic (exact) mass is 255 g/mol. The minimum Gasteiger partial charge on any atom is -0.378 e. The molecular weight excluding hydrogens is 236 g/mol. The predicted molar refractivity (Wildman–Crippen MR) is 66.1 cm³/mol. The zero-order valence-electron chi connectivity index (χ0n) is 10.4. The summed E-state index contributed by atoms with van der Waals surface area (Å²) < 4.78 is 31.9. The molecule has 1 aliphatic rings. The molecule has 2 N–H and O–H groups in total. The summed E-state index contributed by atoms with van der Waals surface area (Å²) in [6.45, 7) is 0.810. The first-order chi connectivity index (χ1) is 8.66. The molecule has 18 heavy (non-hydrogen) atoms. The van der Waals surface area contributed by atoms with Crippen LogP contribution in [0.1, 0.15) is 43.7 Å². The van der Waals surface area contributed by atoms with Gasteiger partial charge in [-0.15, -0.1) is 0 Å². The number of hydrogen-bond acceptors (Lipinski definition) is 2. The van der Waals surface area contributed by atoms with Crippen molar-refractivity contribution in [1.82, 2.24) is 0 Å². The molecule has 0 spiro atoms. The molecule has 1 fully saturated rings. The summed E-state index contributed by atoms with van der Waals surface area (Å²) in [4.78, 5) is 0. The van der Waals surface area contributed by atoms with Gasteiger partial charge in [0.25, 0.3) is 0 Å². The summed E-state index contributed by atoms with van der Waals surface area (Å²) in [6, 6.07) is 3.16. The van der Waals surface area contributed by atoms with Crippen molar-refractivity contribution in [2.24, 2.45) is 5.73 Å². The lowest BCUT2D eigenvalue weighted by atomic mass is 9.97. The maximum absolute atomic E-state index is 13.5. The van der Waals surface area contributed by atoms with Gasteiger partial charge in [-0.2, -0.15) is 0 Å². The summed E-state index contributed by atoms with van der Waals surface area (Å²) in [5.74, 6) is -1.13. The van der Waals surface area contributed by atoms with Crippen LogP contribution in [0.25, 0.3) is 0 Å². The highest BCUT2D eigenvalue weighted by molar-refractivity contribution is 5.21. The van der Waals surface area contributed by atoms with Gasteiger partial charge in [-0.25, -0.2) is 8.78 Å². The maximum Gasteiger partial charge on any atom is 0.130 e. The molecule has 1 aliphatic heterocycles. The van der Waals surface area contributed by atoms with Crippen LogP contribution >= 0.6 is 0 Å². The lowest BCUT2D eigenvalue weighted by Gasteiger charge is -2.24. The van der Waals surface area contributed by atoms with Crippen LogP contribution in [0.3, 0.4) is 0 Å². The molecule has 1 saturated heterocycles. The number of hydrogen-bond donors (Lipinski definition) is 1. The van der Waals surface area contributed by atoms with Crippen molar-refractivity contribution in [3.05, 3.63) is 35.4 Å². The van der Waals surface area contributed by atoms with Gasteiger partial charge in [-0.1, -0.05) is 6.07 Å². The van der Waals surface area contributed by atoms with Crippen LogP contribution < -0.4 is 5.73 Å². The SMILES string of the molecule is NC(CCC1CCCCO1)c1ccc(F)cc1F. The minimum absolute atomic E-state index is 0.244. The predicted octanol–water partition coefficient (Wildman–Crippen LogP) is 3.31. The van der Waals surface area contributed by atoms with Crippen molar-refractivity contribution in [3.8, 4) is 0 Å². The van der Waals surface area contributed by atoms with Gasteiger partial charge >= 0.3 is 0 Å². The van der Waals surface area contributed by atoms with Crippen molar-refractivity contribution >= 4 is 0 Å². The van der Waals surface area contributed by atoms with Crippen molar-refractivity contribution < 1.29 is 13.5 Å². The van der Waals surface area contributed by atoms with E-state index in [0.29, 0.717) is 12.0 Å². The van der Waals surface area contributed by atoms with Crippen LogP contribution in [0.2, 0.25) is 0 Å². The number of nitrogens with two attached hydrogens (primary N) is 1. The number of ether oxygens (including phenoxy) is 1. The van der Waals surface area contributed by atoms with E-state index in [2.05, 4.69) is 0 Å². The lowest BCUT2D eigenvalue weighted by molar-refractivity contribution is 0.00907. The van der Waals surface area contributed by atoms with Crippen LogP contribution in [0, 0.1) is 11.6 Å². The second kappa shape index (κ2) is 6.25. The highest BCUT2D eigenvalue weighted by atomic mass is 19.1. The van der Waals surface area contributed by atoms with E-state index in [1.807, 2.05) is 0 Å². The first kappa shape index (κ1) is 13.4. The Kier molecular flexibility index (Phi) is 4.66. The fourth-order valence-electron chi connectivity index (χ4n) is 2.36. The van der Waals surface area contributed by atoms with E-state index in [1.54, 1.807) is 0 Å². The second-order valence-corrected chi connectivity index (χ2v) is 4.84. The Morgan fingerprint density at radius 1 is 1.33 bits per heavy atom. The zero-order valence-corrected chi connectivity index (χ0v) is 10.4. The van der Waals surface area contributed by atoms with E-state index in [4.69, 9.17) is 10.5 Å².